The van der Waals surface area contributed by atoms with Crippen molar-refractivity contribution >= 4 is 21.7 Å². The fraction of sp³-hybridized carbons (Fsp3) is 0.381. The molecule has 0 bridgehead atoms. The van der Waals surface area contributed by atoms with Gasteiger partial charge in [-0.25, -0.2) is 8.42 Å². The van der Waals surface area contributed by atoms with Gasteiger partial charge in [-0.3, -0.25) is 9.52 Å². The molecule has 1 aliphatic rings. The Morgan fingerprint density at radius 3 is 2.32 bits per heavy atom. The molecule has 7 heteroatoms. The van der Waals surface area contributed by atoms with Crippen LogP contribution in [0.4, 0.5) is 5.69 Å². The number of carbonyl (C=O) groups is 1. The van der Waals surface area contributed by atoms with Crippen LogP contribution in [-0.2, 0) is 26.0 Å². The van der Waals surface area contributed by atoms with E-state index in [9.17, 15) is 13.2 Å². The Morgan fingerprint density at radius 1 is 1.07 bits per heavy atom. The van der Waals surface area contributed by atoms with Gasteiger partial charge < -0.3 is 10.1 Å². The third-order valence-corrected chi connectivity index (χ3v) is 6.45. The summed E-state index contributed by atoms with van der Waals surface area (Å²) < 4.78 is 32.5. The lowest BCUT2D eigenvalue weighted by Crippen LogP contribution is -2.26. The minimum absolute atomic E-state index is 0.191. The summed E-state index contributed by atoms with van der Waals surface area (Å²) in [4.78, 5) is 11.4. The average Bonchev–Trinajstić information content (AvgIpc) is 2.73. The van der Waals surface area contributed by atoms with Gasteiger partial charge in [-0.15, -0.1) is 0 Å². The van der Waals surface area contributed by atoms with Crippen LogP contribution in [0.25, 0.3) is 0 Å². The number of methoxy groups -OCH3 is 1. The number of carbonyl (C=O) groups excluding carboxylic acids is 1. The van der Waals surface area contributed by atoms with Crippen molar-refractivity contribution in [2.75, 3.05) is 24.9 Å². The van der Waals surface area contributed by atoms with Gasteiger partial charge in [0.05, 0.1) is 12.0 Å². The molecule has 3 rings (SSSR count). The van der Waals surface area contributed by atoms with Gasteiger partial charge in [0, 0.05) is 12.1 Å². The summed E-state index contributed by atoms with van der Waals surface area (Å²) in [5.74, 6) is 0.246. The standard InChI is InChI=1S/C21H26N2O4S/c1-27-21(24)11-4-16-2-9-20(10-3-16)28(25,26)23-19-7-5-17(6-8-19)18-12-14-22-15-13-18/h2-3,5-10,18,22-23H,4,11-15H2,1H3. The summed E-state index contributed by atoms with van der Waals surface area (Å²) in [6.07, 6.45) is 2.99. The highest BCUT2D eigenvalue weighted by atomic mass is 32.2. The summed E-state index contributed by atoms with van der Waals surface area (Å²) in [5, 5.41) is 3.35. The lowest BCUT2D eigenvalue weighted by Gasteiger charge is -2.23. The second-order valence-corrected chi connectivity index (χ2v) is 8.65. The number of nitrogens with one attached hydrogen (secondary N) is 2. The molecule has 0 aliphatic carbocycles. The number of aryl methyl sites for hydroxylation is 1. The molecule has 0 radical (unpaired) electrons. The second-order valence-electron chi connectivity index (χ2n) is 6.97. The van der Waals surface area contributed by atoms with Crippen molar-refractivity contribution in [3.05, 3.63) is 59.7 Å². The van der Waals surface area contributed by atoms with Gasteiger partial charge in [-0.05, 0) is 73.7 Å². The van der Waals surface area contributed by atoms with Crippen LogP contribution in [0.2, 0.25) is 0 Å². The number of rotatable bonds is 7. The fourth-order valence-electron chi connectivity index (χ4n) is 3.38. The zero-order valence-electron chi connectivity index (χ0n) is 16.0. The van der Waals surface area contributed by atoms with E-state index in [1.165, 1.54) is 12.7 Å². The summed E-state index contributed by atoms with van der Waals surface area (Å²) in [7, 11) is -2.31. The first-order valence-corrected chi connectivity index (χ1v) is 11.0. The summed E-state index contributed by atoms with van der Waals surface area (Å²) in [6.45, 7) is 2.04. The highest BCUT2D eigenvalue weighted by Gasteiger charge is 2.17. The quantitative estimate of drug-likeness (QED) is 0.696. The Kier molecular flexibility index (Phi) is 6.70. The number of hydrogen-bond acceptors (Lipinski definition) is 5. The van der Waals surface area contributed by atoms with Crippen molar-refractivity contribution in [2.24, 2.45) is 0 Å². The van der Waals surface area contributed by atoms with Crippen molar-refractivity contribution in [2.45, 2.75) is 36.5 Å². The molecule has 2 aromatic carbocycles. The Hall–Kier alpha value is -2.38. The maximum absolute atomic E-state index is 12.6. The predicted octanol–water partition coefficient (Wildman–Crippen LogP) is 3.06. The third kappa shape index (κ3) is 5.33. The van der Waals surface area contributed by atoms with E-state index < -0.39 is 10.0 Å². The van der Waals surface area contributed by atoms with Gasteiger partial charge in [0.2, 0.25) is 0 Å². The minimum Gasteiger partial charge on any atom is -0.469 e. The second kappa shape index (κ2) is 9.21. The number of ether oxygens (including phenoxy) is 1. The van der Waals surface area contributed by atoms with Crippen LogP contribution in [-0.4, -0.2) is 34.6 Å². The molecular weight excluding hydrogens is 376 g/mol. The molecule has 0 amide bonds. The molecular formula is C21H26N2O4S. The van der Waals surface area contributed by atoms with E-state index >= 15 is 0 Å². The number of benzene rings is 2. The Balaban J connectivity index is 1.63. The van der Waals surface area contributed by atoms with Crippen LogP contribution >= 0.6 is 0 Å². The van der Waals surface area contributed by atoms with E-state index in [1.807, 2.05) is 24.3 Å². The van der Waals surface area contributed by atoms with Gasteiger partial charge in [0.25, 0.3) is 10.0 Å². The Labute approximate surface area is 166 Å². The lowest BCUT2D eigenvalue weighted by molar-refractivity contribution is -0.140. The molecule has 150 valence electrons. The monoisotopic (exact) mass is 402 g/mol. The first-order chi connectivity index (χ1) is 13.5. The highest BCUT2D eigenvalue weighted by molar-refractivity contribution is 7.92. The molecule has 0 saturated carbocycles. The topological polar surface area (TPSA) is 84.5 Å². The predicted molar refractivity (Wildman–Crippen MR) is 109 cm³/mol. The number of piperidine rings is 1. The van der Waals surface area contributed by atoms with Crippen LogP contribution in [0.5, 0.6) is 0 Å². The molecule has 2 N–H and O–H groups in total. The number of sulfonamides is 1. The zero-order valence-corrected chi connectivity index (χ0v) is 16.8. The average molecular weight is 403 g/mol. The molecule has 6 nitrogen and oxygen atoms in total. The van der Waals surface area contributed by atoms with Gasteiger partial charge >= 0.3 is 5.97 Å². The van der Waals surface area contributed by atoms with Gasteiger partial charge in [-0.2, -0.15) is 0 Å². The Morgan fingerprint density at radius 2 is 1.71 bits per heavy atom. The van der Waals surface area contributed by atoms with Crippen LogP contribution in [0.15, 0.2) is 53.4 Å². The minimum atomic E-state index is -3.66. The highest BCUT2D eigenvalue weighted by Crippen LogP contribution is 2.27. The molecule has 1 aliphatic heterocycles. The SMILES string of the molecule is COC(=O)CCc1ccc(S(=O)(=O)Nc2ccc(C3CCNCC3)cc2)cc1. The molecule has 0 spiro atoms. The molecule has 0 unspecified atom stereocenters. The van der Waals surface area contributed by atoms with Crippen LogP contribution in [0.3, 0.4) is 0 Å². The number of hydrogen-bond donors (Lipinski definition) is 2. The van der Waals surface area contributed by atoms with E-state index in [0.717, 1.165) is 31.5 Å². The molecule has 0 atom stereocenters. The van der Waals surface area contributed by atoms with E-state index in [0.29, 0.717) is 18.0 Å². The first kappa shape index (κ1) is 20.4. The largest absolute Gasteiger partial charge is 0.469 e. The molecule has 1 fully saturated rings. The molecule has 0 aromatic heterocycles. The zero-order chi connectivity index (χ0) is 20.0. The smallest absolute Gasteiger partial charge is 0.305 e. The lowest BCUT2D eigenvalue weighted by atomic mass is 9.90. The van der Waals surface area contributed by atoms with Gasteiger partial charge in [0.1, 0.15) is 0 Å². The normalized spacial score (nSPS) is 15.2. The molecule has 1 saturated heterocycles. The van der Waals surface area contributed by atoms with Crippen molar-refractivity contribution < 1.29 is 17.9 Å². The summed E-state index contributed by atoms with van der Waals surface area (Å²) >= 11 is 0. The van der Waals surface area contributed by atoms with Crippen molar-refractivity contribution in [1.82, 2.24) is 5.32 Å². The first-order valence-electron chi connectivity index (χ1n) is 9.47. The summed E-state index contributed by atoms with van der Waals surface area (Å²) in [6, 6.07) is 14.2. The molecule has 2 aromatic rings. The van der Waals surface area contributed by atoms with E-state index in [4.69, 9.17) is 0 Å². The van der Waals surface area contributed by atoms with Crippen molar-refractivity contribution in [3.8, 4) is 0 Å². The Bertz CT molecular complexity index is 887. The van der Waals surface area contributed by atoms with Crippen LogP contribution in [0.1, 0.15) is 36.3 Å². The molecule has 28 heavy (non-hydrogen) atoms. The van der Waals surface area contributed by atoms with Gasteiger partial charge in [-0.1, -0.05) is 24.3 Å². The molecule has 1 heterocycles. The maximum Gasteiger partial charge on any atom is 0.305 e. The third-order valence-electron chi connectivity index (χ3n) is 5.05. The van der Waals surface area contributed by atoms with Crippen LogP contribution < -0.4 is 10.0 Å². The fourth-order valence-corrected chi connectivity index (χ4v) is 4.44. The van der Waals surface area contributed by atoms with Crippen molar-refractivity contribution in [1.29, 1.82) is 0 Å². The number of anilines is 1. The van der Waals surface area contributed by atoms with Crippen molar-refractivity contribution in [3.63, 3.8) is 0 Å². The maximum atomic E-state index is 12.6. The van der Waals surface area contributed by atoms with Gasteiger partial charge in [0.15, 0.2) is 0 Å². The number of esters is 1. The van der Waals surface area contributed by atoms with E-state index in [-0.39, 0.29) is 17.3 Å². The van der Waals surface area contributed by atoms with E-state index in [1.54, 1.807) is 24.3 Å². The van der Waals surface area contributed by atoms with E-state index in [2.05, 4.69) is 14.8 Å². The van der Waals surface area contributed by atoms with Crippen LogP contribution in [0, 0.1) is 0 Å². The summed E-state index contributed by atoms with van der Waals surface area (Å²) in [5.41, 5.74) is 2.68.